The van der Waals surface area contributed by atoms with Gasteiger partial charge in [0, 0.05) is 42.6 Å². The van der Waals surface area contributed by atoms with Gasteiger partial charge in [0.05, 0.1) is 6.61 Å². The first-order chi connectivity index (χ1) is 13.0. The van der Waals surface area contributed by atoms with Gasteiger partial charge in [0.15, 0.2) is 0 Å². The van der Waals surface area contributed by atoms with Crippen molar-refractivity contribution < 1.29 is 23.5 Å². The summed E-state index contributed by atoms with van der Waals surface area (Å²) in [5, 5.41) is 0.446. The zero-order valence-electron chi connectivity index (χ0n) is 16.8. The SMILES string of the molecule is CCOC(=O)/C=C(/c1cccc(Cl)c1)C1(F)CCN(C(=O)OC(C)(C)C)CC1. The van der Waals surface area contributed by atoms with E-state index in [1.807, 2.05) is 0 Å². The van der Waals surface area contributed by atoms with E-state index in [1.165, 1.54) is 11.0 Å². The molecule has 1 aromatic carbocycles. The zero-order valence-corrected chi connectivity index (χ0v) is 17.5. The molecule has 1 amide bonds. The second-order valence-corrected chi connectivity index (χ2v) is 8.19. The maximum atomic E-state index is 15.9. The second kappa shape index (κ2) is 8.95. The monoisotopic (exact) mass is 411 g/mol. The number of halogens is 2. The van der Waals surface area contributed by atoms with Crippen LogP contribution in [0.4, 0.5) is 9.18 Å². The van der Waals surface area contributed by atoms with Crippen molar-refractivity contribution >= 4 is 29.2 Å². The van der Waals surface area contributed by atoms with Crippen LogP contribution in [0, 0.1) is 0 Å². The Balaban J connectivity index is 2.24. The molecule has 0 atom stereocenters. The minimum absolute atomic E-state index is 0.0456. The third-order valence-corrected chi connectivity index (χ3v) is 4.61. The molecule has 0 radical (unpaired) electrons. The lowest BCUT2D eigenvalue weighted by Gasteiger charge is -2.38. The van der Waals surface area contributed by atoms with Gasteiger partial charge in [0.2, 0.25) is 0 Å². The van der Waals surface area contributed by atoms with Crippen LogP contribution >= 0.6 is 11.6 Å². The fourth-order valence-corrected chi connectivity index (χ4v) is 3.26. The lowest BCUT2D eigenvalue weighted by atomic mass is 9.82. The highest BCUT2D eigenvalue weighted by molar-refractivity contribution is 6.30. The molecule has 0 aromatic heterocycles. The average Bonchev–Trinajstić information content (AvgIpc) is 2.59. The van der Waals surface area contributed by atoms with Gasteiger partial charge in [-0.25, -0.2) is 14.0 Å². The molecule has 0 aliphatic carbocycles. The Bertz CT molecular complexity index is 749. The number of rotatable bonds is 4. The van der Waals surface area contributed by atoms with Crippen molar-refractivity contribution in [3.8, 4) is 0 Å². The van der Waals surface area contributed by atoms with E-state index in [-0.39, 0.29) is 38.1 Å². The van der Waals surface area contributed by atoms with Gasteiger partial charge in [0.25, 0.3) is 0 Å². The van der Waals surface area contributed by atoms with Crippen molar-refractivity contribution in [1.82, 2.24) is 4.90 Å². The van der Waals surface area contributed by atoms with Crippen LogP contribution < -0.4 is 0 Å². The molecule has 154 valence electrons. The van der Waals surface area contributed by atoms with Gasteiger partial charge in [-0.15, -0.1) is 0 Å². The highest BCUT2D eigenvalue weighted by Crippen LogP contribution is 2.40. The maximum Gasteiger partial charge on any atom is 0.410 e. The van der Waals surface area contributed by atoms with E-state index in [0.717, 1.165) is 0 Å². The first-order valence-electron chi connectivity index (χ1n) is 9.36. The highest BCUT2D eigenvalue weighted by Gasteiger charge is 2.41. The smallest absolute Gasteiger partial charge is 0.410 e. The predicted octanol–water partition coefficient (Wildman–Crippen LogP) is 5.03. The number of likely N-dealkylation sites (tertiary alicyclic amines) is 1. The number of allylic oxidation sites excluding steroid dienone is 1. The number of hydrogen-bond acceptors (Lipinski definition) is 4. The fraction of sp³-hybridized carbons (Fsp3) is 0.524. The topological polar surface area (TPSA) is 55.8 Å². The number of carbonyl (C=O) groups excluding carboxylic acids is 2. The molecule has 1 heterocycles. The van der Waals surface area contributed by atoms with Crippen LogP contribution in [0.15, 0.2) is 30.3 Å². The summed E-state index contributed by atoms with van der Waals surface area (Å²) < 4.78 is 26.3. The number of alkyl halides is 1. The summed E-state index contributed by atoms with van der Waals surface area (Å²) in [5.41, 5.74) is -1.65. The Hall–Kier alpha value is -2.08. The van der Waals surface area contributed by atoms with Crippen LogP contribution in [0.3, 0.4) is 0 Å². The number of hydrogen-bond donors (Lipinski definition) is 0. The Morgan fingerprint density at radius 2 is 1.93 bits per heavy atom. The molecule has 0 unspecified atom stereocenters. The van der Waals surface area contributed by atoms with Crippen molar-refractivity contribution in [3.63, 3.8) is 0 Å². The third kappa shape index (κ3) is 5.96. The lowest BCUT2D eigenvalue weighted by molar-refractivity contribution is -0.137. The average molecular weight is 412 g/mol. The number of ether oxygens (including phenoxy) is 2. The fourth-order valence-electron chi connectivity index (χ4n) is 3.07. The third-order valence-electron chi connectivity index (χ3n) is 4.37. The van der Waals surface area contributed by atoms with Crippen molar-refractivity contribution in [2.24, 2.45) is 0 Å². The lowest BCUT2D eigenvalue weighted by Crippen LogP contribution is -2.46. The van der Waals surface area contributed by atoms with E-state index in [9.17, 15) is 9.59 Å². The molecule has 0 saturated carbocycles. The van der Waals surface area contributed by atoms with Gasteiger partial charge in [0.1, 0.15) is 11.3 Å². The number of esters is 1. The van der Waals surface area contributed by atoms with Crippen LogP contribution in [-0.4, -0.2) is 47.9 Å². The Kier molecular flexibility index (Phi) is 7.10. The number of amides is 1. The number of carbonyl (C=O) groups is 2. The summed E-state index contributed by atoms with van der Waals surface area (Å²) in [7, 11) is 0. The molecule has 0 spiro atoms. The molecule has 2 rings (SSSR count). The number of benzene rings is 1. The molecule has 1 aliphatic rings. The quantitative estimate of drug-likeness (QED) is 0.515. The van der Waals surface area contributed by atoms with Crippen molar-refractivity contribution in [1.29, 1.82) is 0 Å². The van der Waals surface area contributed by atoms with Crippen LogP contribution in [0.1, 0.15) is 46.1 Å². The van der Waals surface area contributed by atoms with Crippen molar-refractivity contribution in [2.45, 2.75) is 51.8 Å². The van der Waals surface area contributed by atoms with E-state index in [0.29, 0.717) is 10.6 Å². The molecule has 5 nitrogen and oxygen atoms in total. The molecule has 1 saturated heterocycles. The van der Waals surface area contributed by atoms with Gasteiger partial charge < -0.3 is 14.4 Å². The van der Waals surface area contributed by atoms with Gasteiger partial charge in [-0.05, 0) is 45.4 Å². The van der Waals surface area contributed by atoms with E-state index in [1.54, 1.807) is 52.0 Å². The van der Waals surface area contributed by atoms with Crippen molar-refractivity contribution in [2.75, 3.05) is 19.7 Å². The van der Waals surface area contributed by atoms with Gasteiger partial charge in [-0.1, -0.05) is 23.7 Å². The summed E-state index contributed by atoms with van der Waals surface area (Å²) in [6.07, 6.45) is 0.819. The molecule has 1 aromatic rings. The summed E-state index contributed by atoms with van der Waals surface area (Å²) in [5.74, 6) is -0.607. The number of piperidine rings is 1. The molecule has 28 heavy (non-hydrogen) atoms. The largest absolute Gasteiger partial charge is 0.463 e. The molecule has 0 N–H and O–H groups in total. The van der Waals surface area contributed by atoms with Crippen LogP contribution in [0.2, 0.25) is 5.02 Å². The molecule has 0 bridgehead atoms. The van der Waals surface area contributed by atoms with E-state index in [4.69, 9.17) is 21.1 Å². The van der Waals surface area contributed by atoms with Crippen molar-refractivity contribution in [3.05, 3.63) is 40.9 Å². The van der Waals surface area contributed by atoms with Crippen LogP contribution in [0.25, 0.3) is 5.57 Å². The van der Waals surface area contributed by atoms with Crippen LogP contribution in [-0.2, 0) is 14.3 Å². The maximum absolute atomic E-state index is 15.9. The summed E-state index contributed by atoms with van der Waals surface area (Å²) in [6.45, 7) is 7.62. The van der Waals surface area contributed by atoms with E-state index in [2.05, 4.69) is 0 Å². The van der Waals surface area contributed by atoms with Gasteiger partial charge >= 0.3 is 12.1 Å². The minimum Gasteiger partial charge on any atom is -0.463 e. The predicted molar refractivity (Wildman–Crippen MR) is 107 cm³/mol. The molecular weight excluding hydrogens is 385 g/mol. The Morgan fingerprint density at radius 3 is 2.46 bits per heavy atom. The summed E-state index contributed by atoms with van der Waals surface area (Å²) in [6, 6.07) is 6.71. The zero-order chi connectivity index (χ0) is 20.9. The van der Waals surface area contributed by atoms with Crippen LogP contribution in [0.5, 0.6) is 0 Å². The highest BCUT2D eigenvalue weighted by atomic mass is 35.5. The van der Waals surface area contributed by atoms with Gasteiger partial charge in [-0.3, -0.25) is 0 Å². The normalized spacial score (nSPS) is 17.2. The second-order valence-electron chi connectivity index (χ2n) is 7.75. The Morgan fingerprint density at radius 1 is 1.29 bits per heavy atom. The summed E-state index contributed by atoms with van der Waals surface area (Å²) in [4.78, 5) is 25.8. The van der Waals surface area contributed by atoms with Gasteiger partial charge in [-0.2, -0.15) is 0 Å². The first-order valence-corrected chi connectivity index (χ1v) is 9.73. The first kappa shape index (κ1) is 22.2. The molecular formula is C21H27ClFNO4. The van der Waals surface area contributed by atoms with E-state index >= 15 is 4.39 Å². The number of nitrogens with zero attached hydrogens (tertiary/aromatic N) is 1. The molecule has 1 aliphatic heterocycles. The minimum atomic E-state index is -1.78. The standard InChI is InChI=1S/C21H27ClFNO4/c1-5-27-18(25)14-17(15-7-6-8-16(22)13-15)21(23)9-11-24(12-10-21)19(26)28-20(2,3)4/h6-8,13-14H,5,9-12H2,1-4H3/b17-14-. The Labute approximate surface area is 170 Å². The molecule has 7 heteroatoms. The van der Waals surface area contributed by atoms with E-state index < -0.39 is 23.3 Å². The molecule has 1 fully saturated rings. The summed E-state index contributed by atoms with van der Waals surface area (Å²) >= 11 is 6.06.